The Labute approximate surface area is 73.3 Å². The monoisotopic (exact) mass is 174 g/mol. The molecule has 1 fully saturated rings. The molecule has 0 radical (unpaired) electrons. The van der Waals surface area contributed by atoms with Crippen LogP contribution in [0.4, 0.5) is 0 Å². The van der Waals surface area contributed by atoms with Gasteiger partial charge in [0, 0.05) is 12.1 Å². The molecule has 4 N–H and O–H groups in total. The van der Waals surface area contributed by atoms with Crippen LogP contribution in [0.25, 0.3) is 0 Å². The number of hydrogen-bond acceptors (Lipinski definition) is 4. The van der Waals surface area contributed by atoms with Crippen molar-refractivity contribution >= 4 is 13.6 Å². The summed E-state index contributed by atoms with van der Waals surface area (Å²) in [6.07, 6.45) is 4.80. The van der Waals surface area contributed by atoms with Crippen molar-refractivity contribution in [3.05, 3.63) is 0 Å². The summed E-state index contributed by atoms with van der Waals surface area (Å²) in [6.45, 7) is 4.00. The lowest BCUT2D eigenvalue weighted by molar-refractivity contribution is -0.0987. The van der Waals surface area contributed by atoms with Crippen molar-refractivity contribution < 1.29 is 9.59 Å². The summed E-state index contributed by atoms with van der Waals surface area (Å²) in [5.74, 6) is 0. The number of rotatable bonds is 0. The Morgan fingerprint density at radius 2 is 1.08 bits per heavy atom. The maximum Gasteiger partial charge on any atom is 0.106 e. The smallest absolute Gasteiger partial charge is 0.106 e. The van der Waals surface area contributed by atoms with E-state index in [0.717, 1.165) is 12.8 Å². The number of hydrogen-bond donors (Lipinski definition) is 2. The normalized spacial score (nSPS) is 27.2. The van der Waals surface area contributed by atoms with Crippen LogP contribution >= 0.6 is 0 Å². The van der Waals surface area contributed by atoms with E-state index in [0.29, 0.717) is 0 Å². The molecule has 0 saturated heterocycles. The van der Waals surface area contributed by atoms with Gasteiger partial charge < -0.3 is 21.1 Å². The third-order valence-electron chi connectivity index (χ3n) is 1.87. The first-order valence-corrected chi connectivity index (χ1v) is 3.89. The molecule has 1 rings (SSSR count). The average molecular weight is 174 g/mol. The molecule has 0 aromatic heterocycles. The molecule has 0 aromatic carbocycles. The summed E-state index contributed by atoms with van der Waals surface area (Å²) in [5.41, 5.74) is 11.3. The predicted molar refractivity (Wildman–Crippen MR) is 48.7 cm³/mol. The summed E-state index contributed by atoms with van der Waals surface area (Å²) < 4.78 is 0. The van der Waals surface area contributed by atoms with Crippen molar-refractivity contribution in [2.24, 2.45) is 11.5 Å². The van der Waals surface area contributed by atoms with E-state index >= 15 is 0 Å². The maximum absolute atomic E-state index is 8.00. The third kappa shape index (κ3) is 6.00. The van der Waals surface area contributed by atoms with Gasteiger partial charge in [-0.25, -0.2) is 0 Å². The fraction of sp³-hybridized carbons (Fsp3) is 0.750. The highest BCUT2D eigenvalue weighted by Crippen LogP contribution is 2.14. The van der Waals surface area contributed by atoms with Crippen LogP contribution in [-0.4, -0.2) is 25.7 Å². The lowest BCUT2D eigenvalue weighted by Gasteiger charge is -2.24. The molecule has 0 heterocycles. The molecule has 0 amide bonds. The van der Waals surface area contributed by atoms with Crippen LogP contribution in [0.15, 0.2) is 0 Å². The summed E-state index contributed by atoms with van der Waals surface area (Å²) in [7, 11) is 0. The van der Waals surface area contributed by atoms with E-state index in [2.05, 4.69) is 0 Å². The topological polar surface area (TPSA) is 86.2 Å². The van der Waals surface area contributed by atoms with Crippen LogP contribution in [0.2, 0.25) is 0 Å². The van der Waals surface area contributed by atoms with Gasteiger partial charge in [-0.15, -0.1) is 0 Å². The average Bonchev–Trinajstić information content (AvgIpc) is 2.17. The van der Waals surface area contributed by atoms with Gasteiger partial charge in [0.25, 0.3) is 0 Å². The number of carbonyl (C=O) groups is 2. The zero-order valence-electron chi connectivity index (χ0n) is 7.37. The van der Waals surface area contributed by atoms with Crippen LogP contribution in [-0.2, 0) is 9.59 Å². The number of carbonyl (C=O) groups excluding carboxylic acids is 2. The van der Waals surface area contributed by atoms with E-state index in [1.807, 2.05) is 13.6 Å². The van der Waals surface area contributed by atoms with Gasteiger partial charge in [-0.3, -0.25) is 0 Å². The van der Waals surface area contributed by atoms with Crippen LogP contribution in [0.5, 0.6) is 0 Å². The summed E-state index contributed by atoms with van der Waals surface area (Å²) >= 11 is 0. The van der Waals surface area contributed by atoms with Gasteiger partial charge in [-0.1, -0.05) is 12.8 Å². The molecule has 1 aliphatic rings. The van der Waals surface area contributed by atoms with Crippen LogP contribution < -0.4 is 11.5 Å². The molecule has 0 aliphatic heterocycles. The van der Waals surface area contributed by atoms with Gasteiger partial charge in [0.15, 0.2) is 0 Å². The molecular weight excluding hydrogens is 156 g/mol. The first-order chi connectivity index (χ1) is 5.80. The van der Waals surface area contributed by atoms with Crippen LogP contribution in [0.3, 0.4) is 0 Å². The van der Waals surface area contributed by atoms with E-state index in [1.165, 1.54) is 12.8 Å². The molecule has 0 aromatic rings. The van der Waals surface area contributed by atoms with E-state index in [1.54, 1.807) is 0 Å². The highest BCUT2D eigenvalue weighted by Gasteiger charge is 2.16. The van der Waals surface area contributed by atoms with Gasteiger partial charge in [0.2, 0.25) is 0 Å². The highest BCUT2D eigenvalue weighted by molar-refractivity contribution is 5.11. The quantitative estimate of drug-likeness (QED) is 0.534. The Hall–Kier alpha value is -0.740. The van der Waals surface area contributed by atoms with E-state index < -0.39 is 0 Å². The van der Waals surface area contributed by atoms with Crippen LogP contribution in [0.1, 0.15) is 25.7 Å². The Kier molecular flexibility index (Phi) is 11.8. The number of nitrogens with two attached hydrogens (primary N) is 2. The Morgan fingerprint density at radius 1 is 0.833 bits per heavy atom. The molecule has 1 saturated carbocycles. The fourth-order valence-electron chi connectivity index (χ4n) is 1.19. The zero-order valence-corrected chi connectivity index (χ0v) is 7.37. The van der Waals surface area contributed by atoms with E-state index in [-0.39, 0.29) is 12.1 Å². The largest absolute Gasteiger partial charge is 0.326 e. The molecule has 4 nitrogen and oxygen atoms in total. The van der Waals surface area contributed by atoms with Crippen molar-refractivity contribution in [2.75, 3.05) is 0 Å². The minimum Gasteiger partial charge on any atom is -0.326 e. The van der Waals surface area contributed by atoms with Crippen molar-refractivity contribution in [3.8, 4) is 0 Å². The molecule has 72 valence electrons. The Morgan fingerprint density at radius 3 is 1.25 bits per heavy atom. The molecule has 2 unspecified atom stereocenters. The molecule has 4 heteroatoms. The van der Waals surface area contributed by atoms with Gasteiger partial charge in [0.05, 0.1) is 0 Å². The first kappa shape index (κ1) is 13.8. The fourth-order valence-corrected chi connectivity index (χ4v) is 1.19. The van der Waals surface area contributed by atoms with E-state index in [9.17, 15) is 0 Å². The van der Waals surface area contributed by atoms with Gasteiger partial charge in [-0.2, -0.15) is 0 Å². The molecular formula is C8H18N2O2. The van der Waals surface area contributed by atoms with Crippen molar-refractivity contribution in [1.29, 1.82) is 0 Å². The summed E-state index contributed by atoms with van der Waals surface area (Å²) in [4.78, 5) is 16.0. The minimum atomic E-state index is 0.281. The lowest BCUT2D eigenvalue weighted by Crippen LogP contribution is -2.43. The maximum atomic E-state index is 8.00. The Bertz CT molecular complexity index is 89.1. The van der Waals surface area contributed by atoms with E-state index in [4.69, 9.17) is 21.1 Å². The lowest BCUT2D eigenvalue weighted by atomic mass is 9.92. The van der Waals surface area contributed by atoms with Crippen molar-refractivity contribution in [3.63, 3.8) is 0 Å². The van der Waals surface area contributed by atoms with Gasteiger partial charge >= 0.3 is 0 Å². The van der Waals surface area contributed by atoms with Crippen molar-refractivity contribution in [2.45, 2.75) is 37.8 Å². The highest BCUT2D eigenvalue weighted by atomic mass is 16.1. The third-order valence-corrected chi connectivity index (χ3v) is 1.87. The van der Waals surface area contributed by atoms with Gasteiger partial charge in [0.1, 0.15) is 13.6 Å². The summed E-state index contributed by atoms with van der Waals surface area (Å²) in [6, 6.07) is 0.562. The minimum absolute atomic E-state index is 0.281. The molecule has 0 bridgehead atoms. The Balaban J connectivity index is 0. The summed E-state index contributed by atoms with van der Waals surface area (Å²) in [5, 5.41) is 0. The van der Waals surface area contributed by atoms with Crippen LogP contribution in [0, 0.1) is 0 Å². The standard InChI is InChI=1S/C6H14N2.2CH2O/c7-5-3-1-2-4-6(5)8;2*1-2/h5-6H,1-4,7-8H2;2*1H2. The van der Waals surface area contributed by atoms with Gasteiger partial charge in [-0.05, 0) is 12.8 Å². The second kappa shape index (κ2) is 10.3. The molecule has 0 spiro atoms. The second-order valence-electron chi connectivity index (χ2n) is 2.61. The predicted octanol–water partition coefficient (Wildman–Crippen LogP) is -0.155. The first-order valence-electron chi connectivity index (χ1n) is 3.89. The SMILES string of the molecule is C=O.C=O.NC1CCCCC1N. The zero-order chi connectivity index (χ0) is 9.98. The molecule has 2 atom stereocenters. The molecule has 12 heavy (non-hydrogen) atoms. The van der Waals surface area contributed by atoms with Crippen molar-refractivity contribution in [1.82, 2.24) is 0 Å². The second-order valence-corrected chi connectivity index (χ2v) is 2.61. The molecule has 1 aliphatic carbocycles.